The van der Waals surface area contributed by atoms with Gasteiger partial charge in [-0.15, -0.1) is 0 Å². The van der Waals surface area contributed by atoms with Crippen LogP contribution in [0.25, 0.3) is 0 Å². The fourth-order valence-corrected chi connectivity index (χ4v) is 4.41. The maximum atomic E-state index is 13.5. The van der Waals surface area contributed by atoms with Crippen molar-refractivity contribution in [2.24, 2.45) is 0 Å². The molecule has 1 aliphatic carbocycles. The van der Waals surface area contributed by atoms with Gasteiger partial charge in [-0.25, -0.2) is 0 Å². The first kappa shape index (κ1) is 23.7. The van der Waals surface area contributed by atoms with E-state index in [0.29, 0.717) is 27.7 Å². The molecule has 0 radical (unpaired) electrons. The van der Waals surface area contributed by atoms with E-state index < -0.39 is 12.7 Å². The molecular weight excluding hydrogens is 464 g/mol. The molecule has 2 N–H and O–H groups in total. The Bertz CT molecular complexity index is 1120. The molecule has 7 nitrogen and oxygen atoms in total. The number of alkyl halides is 2. The minimum Gasteiger partial charge on any atom is -0.497 e. The Labute approximate surface area is 201 Å². The molecule has 1 amide bonds. The first-order chi connectivity index (χ1) is 16.3. The number of ether oxygens (including phenoxy) is 3. The van der Waals surface area contributed by atoms with Gasteiger partial charge in [0.1, 0.15) is 5.75 Å². The van der Waals surface area contributed by atoms with Gasteiger partial charge in [0.2, 0.25) is 0 Å². The van der Waals surface area contributed by atoms with Crippen LogP contribution in [0, 0.1) is 0 Å². The molecule has 0 aromatic heterocycles. The van der Waals surface area contributed by atoms with Gasteiger partial charge in [-0.1, -0.05) is 6.07 Å². The van der Waals surface area contributed by atoms with E-state index >= 15 is 0 Å². The van der Waals surface area contributed by atoms with Crippen LogP contribution in [0.1, 0.15) is 31.4 Å². The van der Waals surface area contributed by atoms with E-state index in [2.05, 4.69) is 15.4 Å². The molecule has 0 spiro atoms. The second-order valence-electron chi connectivity index (χ2n) is 7.95. The molecule has 180 valence electrons. The van der Waals surface area contributed by atoms with Crippen molar-refractivity contribution in [3.63, 3.8) is 0 Å². The number of hydrogen-bond acceptors (Lipinski definition) is 5. The lowest BCUT2D eigenvalue weighted by molar-refractivity contribution is -0.113. The molecular formula is C24H25F2N3O4S. The summed E-state index contributed by atoms with van der Waals surface area (Å²) in [6, 6.07) is 11.2. The number of benzene rings is 2. The van der Waals surface area contributed by atoms with Crippen LogP contribution >= 0.6 is 12.2 Å². The lowest BCUT2D eigenvalue weighted by Crippen LogP contribution is -2.49. The number of halogens is 2. The van der Waals surface area contributed by atoms with Crippen LogP contribution in [-0.4, -0.2) is 42.8 Å². The average molecular weight is 490 g/mol. The van der Waals surface area contributed by atoms with Gasteiger partial charge in [0.25, 0.3) is 5.91 Å². The molecule has 4 rings (SSSR count). The van der Waals surface area contributed by atoms with Gasteiger partial charge in [0.05, 0.1) is 25.8 Å². The second-order valence-corrected chi connectivity index (χ2v) is 8.34. The lowest BCUT2D eigenvalue weighted by atomic mass is 9.93. The largest absolute Gasteiger partial charge is 0.497 e. The number of carbonyl (C=O) groups is 1. The molecule has 1 unspecified atom stereocenters. The van der Waals surface area contributed by atoms with E-state index in [4.69, 9.17) is 21.7 Å². The van der Waals surface area contributed by atoms with Crippen molar-refractivity contribution in [2.45, 2.75) is 38.5 Å². The maximum Gasteiger partial charge on any atom is 0.387 e. The first-order valence-corrected chi connectivity index (χ1v) is 11.1. The van der Waals surface area contributed by atoms with E-state index in [-0.39, 0.29) is 23.4 Å². The Kier molecular flexibility index (Phi) is 6.87. The highest BCUT2D eigenvalue weighted by Crippen LogP contribution is 2.40. The first-order valence-electron chi connectivity index (χ1n) is 10.7. The smallest absolute Gasteiger partial charge is 0.387 e. The number of rotatable bonds is 8. The monoisotopic (exact) mass is 489 g/mol. The van der Waals surface area contributed by atoms with Crippen LogP contribution < -0.4 is 24.8 Å². The Morgan fingerprint density at radius 3 is 2.41 bits per heavy atom. The molecule has 1 fully saturated rings. The maximum absolute atomic E-state index is 13.5. The molecule has 34 heavy (non-hydrogen) atoms. The summed E-state index contributed by atoms with van der Waals surface area (Å²) in [6.07, 6.45) is 1.98. The van der Waals surface area contributed by atoms with Gasteiger partial charge in [0, 0.05) is 17.4 Å². The Balaban J connectivity index is 1.71. The van der Waals surface area contributed by atoms with Crippen molar-refractivity contribution < 1.29 is 27.8 Å². The summed E-state index contributed by atoms with van der Waals surface area (Å²) in [7, 11) is 2.94. The number of carbonyl (C=O) groups excluding carboxylic acids is 1. The third kappa shape index (κ3) is 4.91. The molecule has 0 bridgehead atoms. The summed E-state index contributed by atoms with van der Waals surface area (Å²) in [5.74, 6) is 0.404. The SMILES string of the molecule is COc1ccc(NC(=O)C2=C(C)N(C3CC3)C(=S)NC2c2ccc(OC(F)F)c(OC)c2)cc1. The normalized spacial score (nSPS) is 18.0. The highest BCUT2D eigenvalue weighted by Gasteiger charge is 2.40. The average Bonchev–Trinajstić information content (AvgIpc) is 3.64. The van der Waals surface area contributed by atoms with E-state index in [9.17, 15) is 13.6 Å². The number of hydrogen-bond donors (Lipinski definition) is 2. The van der Waals surface area contributed by atoms with E-state index in [1.165, 1.54) is 13.2 Å². The second kappa shape index (κ2) is 9.84. The molecule has 2 aliphatic rings. The molecule has 1 heterocycles. The van der Waals surface area contributed by atoms with Gasteiger partial charge in [-0.2, -0.15) is 8.78 Å². The fourth-order valence-electron chi connectivity index (χ4n) is 4.00. The van der Waals surface area contributed by atoms with E-state index in [0.717, 1.165) is 18.5 Å². The van der Waals surface area contributed by atoms with Crippen LogP contribution in [0.4, 0.5) is 14.5 Å². The fraction of sp³-hybridized carbons (Fsp3) is 0.333. The standard InChI is InChI=1S/C24H25F2N3O4S/c1-13-20(22(30)27-15-5-9-17(31-2)10-6-15)21(28-24(34)29(13)16-7-8-16)14-4-11-18(33-23(25)26)19(12-14)32-3/h4-6,9-12,16,21,23H,7-8H2,1-3H3,(H,27,30)(H,28,34). The van der Waals surface area contributed by atoms with Crippen LogP contribution in [0.5, 0.6) is 17.2 Å². The van der Waals surface area contributed by atoms with Crippen LogP contribution in [0.3, 0.4) is 0 Å². The molecule has 2 aromatic carbocycles. The third-order valence-electron chi connectivity index (χ3n) is 5.77. The highest BCUT2D eigenvalue weighted by molar-refractivity contribution is 7.80. The third-order valence-corrected chi connectivity index (χ3v) is 6.08. The predicted molar refractivity (Wildman–Crippen MR) is 127 cm³/mol. The summed E-state index contributed by atoms with van der Waals surface area (Å²) >= 11 is 5.62. The van der Waals surface area contributed by atoms with Gasteiger partial charge in [0.15, 0.2) is 16.6 Å². The summed E-state index contributed by atoms with van der Waals surface area (Å²) in [5, 5.41) is 6.70. The van der Waals surface area contributed by atoms with Gasteiger partial charge in [-0.05, 0) is 73.9 Å². The summed E-state index contributed by atoms with van der Waals surface area (Å²) in [5.41, 5.74) is 2.44. The van der Waals surface area contributed by atoms with Gasteiger partial charge in [-0.3, -0.25) is 4.79 Å². The van der Waals surface area contributed by atoms with E-state index in [1.807, 2.05) is 11.8 Å². The molecule has 1 saturated carbocycles. The number of amides is 1. The Morgan fingerprint density at radius 2 is 1.82 bits per heavy atom. The number of nitrogens with zero attached hydrogens (tertiary/aromatic N) is 1. The summed E-state index contributed by atoms with van der Waals surface area (Å²) in [6.45, 7) is -1.12. The number of allylic oxidation sites excluding steroid dienone is 1. The topological polar surface area (TPSA) is 72.1 Å². The van der Waals surface area contributed by atoms with Crippen molar-refractivity contribution in [2.75, 3.05) is 19.5 Å². The van der Waals surface area contributed by atoms with Crippen LogP contribution in [0.15, 0.2) is 53.7 Å². The minimum atomic E-state index is -2.99. The minimum absolute atomic E-state index is 0.0934. The molecule has 1 aliphatic heterocycles. The summed E-state index contributed by atoms with van der Waals surface area (Å²) in [4.78, 5) is 15.5. The number of anilines is 1. The van der Waals surface area contributed by atoms with Crippen molar-refractivity contribution in [1.29, 1.82) is 0 Å². The lowest BCUT2D eigenvalue weighted by Gasteiger charge is -2.38. The molecule has 10 heteroatoms. The van der Waals surface area contributed by atoms with Gasteiger partial charge >= 0.3 is 6.61 Å². The van der Waals surface area contributed by atoms with Crippen molar-refractivity contribution in [3.8, 4) is 17.2 Å². The highest BCUT2D eigenvalue weighted by atomic mass is 32.1. The quantitative estimate of drug-likeness (QED) is 0.525. The Hall–Kier alpha value is -3.40. The molecule has 0 saturated heterocycles. The van der Waals surface area contributed by atoms with Crippen molar-refractivity contribution >= 4 is 28.9 Å². The van der Waals surface area contributed by atoms with Crippen molar-refractivity contribution in [3.05, 3.63) is 59.3 Å². The predicted octanol–water partition coefficient (Wildman–Crippen LogP) is 4.61. The number of nitrogens with one attached hydrogen (secondary N) is 2. The van der Waals surface area contributed by atoms with Crippen molar-refractivity contribution in [1.82, 2.24) is 10.2 Å². The zero-order valence-electron chi connectivity index (χ0n) is 18.9. The zero-order chi connectivity index (χ0) is 24.4. The van der Waals surface area contributed by atoms with Crippen LogP contribution in [-0.2, 0) is 4.79 Å². The van der Waals surface area contributed by atoms with Gasteiger partial charge < -0.3 is 29.7 Å². The zero-order valence-corrected chi connectivity index (χ0v) is 19.7. The molecule has 2 aromatic rings. The van der Waals surface area contributed by atoms with Crippen LogP contribution in [0.2, 0.25) is 0 Å². The van der Waals surface area contributed by atoms with E-state index in [1.54, 1.807) is 43.5 Å². The molecule has 1 atom stereocenters. The number of thiocarbonyl (C=S) groups is 1. The Morgan fingerprint density at radius 1 is 1.12 bits per heavy atom. The number of methoxy groups -OCH3 is 2. The summed E-state index contributed by atoms with van der Waals surface area (Å²) < 4.78 is 40.5.